The predicted octanol–water partition coefficient (Wildman–Crippen LogP) is 1.04. The van der Waals surface area contributed by atoms with E-state index in [-0.39, 0.29) is 11.9 Å². The molecular weight excluding hydrogens is 342 g/mol. The van der Waals surface area contributed by atoms with Crippen LogP contribution in [0.15, 0.2) is 24.4 Å². The standard InChI is InChI=1S/C19H23N7O/c1-13-12-26-16(11-21-13)8-17(24-26)19(27)23-15-4-6-25(7-5-15)18-3-2-14(9-20)10-22-18/h2-3,8,10,13,15,21H,4-7,11-12H2,1H3,(H,23,27). The van der Waals surface area contributed by atoms with Gasteiger partial charge in [0.1, 0.15) is 11.9 Å². The summed E-state index contributed by atoms with van der Waals surface area (Å²) in [5.41, 5.74) is 2.12. The number of hydrogen-bond acceptors (Lipinski definition) is 6. The molecule has 8 nitrogen and oxygen atoms in total. The van der Waals surface area contributed by atoms with E-state index in [4.69, 9.17) is 5.26 Å². The second-order valence-corrected chi connectivity index (χ2v) is 7.24. The Labute approximate surface area is 158 Å². The minimum atomic E-state index is -0.0977. The van der Waals surface area contributed by atoms with Crippen molar-refractivity contribution in [1.29, 1.82) is 5.26 Å². The molecule has 140 valence electrons. The van der Waals surface area contributed by atoms with Gasteiger partial charge in [-0.3, -0.25) is 9.48 Å². The van der Waals surface area contributed by atoms with Crippen molar-refractivity contribution < 1.29 is 4.79 Å². The van der Waals surface area contributed by atoms with E-state index in [1.54, 1.807) is 12.3 Å². The Morgan fingerprint density at radius 2 is 2.19 bits per heavy atom. The zero-order chi connectivity index (χ0) is 18.8. The van der Waals surface area contributed by atoms with E-state index in [1.807, 2.05) is 16.8 Å². The normalized spacial score (nSPS) is 20.0. The predicted molar refractivity (Wildman–Crippen MR) is 100 cm³/mol. The van der Waals surface area contributed by atoms with Crippen molar-refractivity contribution in [2.45, 2.75) is 44.9 Å². The molecule has 0 radical (unpaired) electrons. The van der Waals surface area contributed by atoms with E-state index in [1.165, 1.54) is 0 Å². The maximum atomic E-state index is 12.6. The number of nitriles is 1. The zero-order valence-corrected chi connectivity index (χ0v) is 15.4. The fourth-order valence-corrected chi connectivity index (χ4v) is 3.62. The Balaban J connectivity index is 1.32. The molecule has 8 heteroatoms. The maximum Gasteiger partial charge on any atom is 0.272 e. The zero-order valence-electron chi connectivity index (χ0n) is 15.4. The third kappa shape index (κ3) is 3.78. The van der Waals surface area contributed by atoms with E-state index < -0.39 is 0 Å². The number of hydrogen-bond donors (Lipinski definition) is 2. The van der Waals surface area contributed by atoms with Crippen LogP contribution < -0.4 is 15.5 Å². The Kier molecular flexibility index (Phi) is 4.77. The fourth-order valence-electron chi connectivity index (χ4n) is 3.62. The van der Waals surface area contributed by atoms with Crippen molar-refractivity contribution in [1.82, 2.24) is 25.4 Å². The third-order valence-corrected chi connectivity index (χ3v) is 5.21. The van der Waals surface area contributed by atoms with Crippen molar-refractivity contribution in [3.63, 3.8) is 0 Å². The first kappa shape index (κ1) is 17.5. The van der Waals surface area contributed by atoms with Crippen LogP contribution in [-0.4, -0.2) is 45.8 Å². The van der Waals surface area contributed by atoms with Gasteiger partial charge in [0.15, 0.2) is 5.69 Å². The highest BCUT2D eigenvalue weighted by molar-refractivity contribution is 5.92. The molecule has 1 amide bonds. The van der Waals surface area contributed by atoms with Crippen LogP contribution in [0.5, 0.6) is 0 Å². The topological polar surface area (TPSA) is 98.9 Å². The van der Waals surface area contributed by atoms with Gasteiger partial charge in [-0.1, -0.05) is 0 Å². The average Bonchev–Trinajstić information content (AvgIpc) is 3.12. The largest absolute Gasteiger partial charge is 0.356 e. The van der Waals surface area contributed by atoms with Crippen molar-refractivity contribution in [3.8, 4) is 6.07 Å². The summed E-state index contributed by atoms with van der Waals surface area (Å²) in [4.78, 5) is 19.1. The quantitative estimate of drug-likeness (QED) is 0.843. The molecule has 0 saturated carbocycles. The molecule has 0 bridgehead atoms. The second kappa shape index (κ2) is 7.37. The van der Waals surface area contributed by atoms with Gasteiger partial charge in [0.05, 0.1) is 17.8 Å². The van der Waals surface area contributed by atoms with Crippen LogP contribution in [0.3, 0.4) is 0 Å². The summed E-state index contributed by atoms with van der Waals surface area (Å²) in [7, 11) is 0. The van der Waals surface area contributed by atoms with Gasteiger partial charge in [-0.2, -0.15) is 10.4 Å². The smallest absolute Gasteiger partial charge is 0.272 e. The lowest BCUT2D eigenvalue weighted by Gasteiger charge is -2.33. The number of nitrogens with zero attached hydrogens (tertiary/aromatic N) is 5. The maximum absolute atomic E-state index is 12.6. The van der Waals surface area contributed by atoms with Crippen LogP contribution in [0.2, 0.25) is 0 Å². The van der Waals surface area contributed by atoms with Crippen molar-refractivity contribution in [3.05, 3.63) is 41.3 Å². The van der Waals surface area contributed by atoms with Gasteiger partial charge >= 0.3 is 0 Å². The van der Waals surface area contributed by atoms with E-state index >= 15 is 0 Å². The Bertz CT molecular complexity index is 859. The molecule has 2 aliphatic rings. The highest BCUT2D eigenvalue weighted by Crippen LogP contribution is 2.18. The van der Waals surface area contributed by atoms with Gasteiger partial charge in [0, 0.05) is 37.9 Å². The molecule has 0 aromatic carbocycles. The minimum absolute atomic E-state index is 0.0977. The number of anilines is 1. The molecule has 1 unspecified atom stereocenters. The molecular formula is C19H23N7O. The molecule has 2 aromatic rings. The molecule has 27 heavy (non-hydrogen) atoms. The highest BCUT2D eigenvalue weighted by Gasteiger charge is 2.24. The summed E-state index contributed by atoms with van der Waals surface area (Å²) in [6.45, 7) is 5.30. The highest BCUT2D eigenvalue weighted by atomic mass is 16.2. The first-order valence-electron chi connectivity index (χ1n) is 9.34. The number of rotatable bonds is 3. The molecule has 2 aromatic heterocycles. The number of piperidine rings is 1. The van der Waals surface area contributed by atoms with Crippen LogP contribution in [0, 0.1) is 11.3 Å². The summed E-state index contributed by atoms with van der Waals surface area (Å²) in [6.07, 6.45) is 3.32. The Morgan fingerprint density at radius 1 is 1.37 bits per heavy atom. The van der Waals surface area contributed by atoms with E-state index in [9.17, 15) is 4.79 Å². The SMILES string of the molecule is CC1Cn2nc(C(=O)NC3CCN(c4ccc(C#N)cn4)CC3)cc2CN1. The van der Waals surface area contributed by atoms with E-state index in [0.717, 1.165) is 50.5 Å². The molecule has 0 aliphatic carbocycles. The molecule has 1 atom stereocenters. The molecule has 2 aliphatic heterocycles. The number of pyridine rings is 1. The van der Waals surface area contributed by atoms with Crippen LogP contribution in [0.4, 0.5) is 5.82 Å². The van der Waals surface area contributed by atoms with E-state index in [2.05, 4.69) is 38.6 Å². The molecule has 2 N–H and O–H groups in total. The molecule has 1 fully saturated rings. The van der Waals surface area contributed by atoms with Crippen molar-refractivity contribution in [2.75, 3.05) is 18.0 Å². The van der Waals surface area contributed by atoms with Crippen LogP contribution in [-0.2, 0) is 13.1 Å². The summed E-state index contributed by atoms with van der Waals surface area (Å²) in [6, 6.07) is 8.13. The van der Waals surface area contributed by atoms with E-state index in [0.29, 0.717) is 17.3 Å². The van der Waals surface area contributed by atoms with Crippen LogP contribution >= 0.6 is 0 Å². The Hall–Kier alpha value is -2.92. The van der Waals surface area contributed by atoms with Gasteiger partial charge < -0.3 is 15.5 Å². The number of nitrogens with one attached hydrogen (secondary N) is 2. The van der Waals surface area contributed by atoms with Gasteiger partial charge in [-0.05, 0) is 38.0 Å². The summed E-state index contributed by atoms with van der Waals surface area (Å²) in [5, 5.41) is 19.8. The monoisotopic (exact) mass is 365 g/mol. The number of aromatic nitrogens is 3. The first-order chi connectivity index (χ1) is 13.1. The van der Waals surface area contributed by atoms with Gasteiger partial charge in [-0.15, -0.1) is 0 Å². The lowest BCUT2D eigenvalue weighted by molar-refractivity contribution is 0.0925. The molecule has 1 saturated heterocycles. The van der Waals surface area contributed by atoms with Crippen molar-refractivity contribution in [2.24, 2.45) is 0 Å². The van der Waals surface area contributed by atoms with Crippen LogP contribution in [0.1, 0.15) is 41.5 Å². The third-order valence-electron chi connectivity index (χ3n) is 5.21. The number of carbonyl (C=O) groups excluding carboxylic acids is 1. The summed E-state index contributed by atoms with van der Waals surface area (Å²) >= 11 is 0. The van der Waals surface area contributed by atoms with Gasteiger partial charge in [0.25, 0.3) is 5.91 Å². The lowest BCUT2D eigenvalue weighted by Crippen LogP contribution is -2.45. The molecule has 0 spiro atoms. The first-order valence-corrected chi connectivity index (χ1v) is 9.34. The second-order valence-electron chi connectivity index (χ2n) is 7.24. The fraction of sp³-hybridized carbons (Fsp3) is 0.474. The molecule has 4 heterocycles. The van der Waals surface area contributed by atoms with Crippen molar-refractivity contribution >= 4 is 11.7 Å². The number of fused-ring (bicyclic) bond motifs is 1. The van der Waals surface area contributed by atoms with Gasteiger partial charge in [0.2, 0.25) is 0 Å². The Morgan fingerprint density at radius 3 is 2.89 bits per heavy atom. The summed E-state index contributed by atoms with van der Waals surface area (Å²) in [5.74, 6) is 0.779. The van der Waals surface area contributed by atoms with Gasteiger partial charge in [-0.25, -0.2) is 4.98 Å². The van der Waals surface area contributed by atoms with Crippen LogP contribution in [0.25, 0.3) is 0 Å². The number of amides is 1. The molecule has 4 rings (SSSR count). The average molecular weight is 365 g/mol. The minimum Gasteiger partial charge on any atom is -0.356 e. The number of carbonyl (C=O) groups is 1. The summed E-state index contributed by atoms with van der Waals surface area (Å²) < 4.78 is 1.93. The lowest BCUT2D eigenvalue weighted by atomic mass is 10.0.